The van der Waals surface area contributed by atoms with Gasteiger partial charge in [-0.2, -0.15) is 10.4 Å². The van der Waals surface area contributed by atoms with Gasteiger partial charge in [-0.1, -0.05) is 0 Å². The van der Waals surface area contributed by atoms with E-state index < -0.39 is 9.84 Å². The lowest BCUT2D eigenvalue weighted by atomic mass is 10.1. The zero-order valence-corrected chi connectivity index (χ0v) is 13.3. The average molecular weight is 335 g/mol. The Hall–Kier alpha value is -2.40. The summed E-state index contributed by atoms with van der Waals surface area (Å²) in [5, 5.41) is 12.3. The lowest BCUT2D eigenvalue weighted by Crippen LogP contribution is -2.21. The van der Waals surface area contributed by atoms with Gasteiger partial charge in [-0.05, 0) is 42.2 Å². The molecule has 23 heavy (non-hydrogen) atoms. The third-order valence-electron chi connectivity index (χ3n) is 3.39. The molecule has 1 saturated heterocycles. The second-order valence-corrected chi connectivity index (χ2v) is 7.51. The van der Waals surface area contributed by atoms with Crippen molar-refractivity contribution in [3.8, 4) is 11.8 Å². The molecule has 0 saturated carbocycles. The summed E-state index contributed by atoms with van der Waals surface area (Å²) in [6.07, 6.45) is 2.18. The Morgan fingerprint density at radius 3 is 2.78 bits per heavy atom. The molecule has 0 unspecified atom stereocenters. The number of nitrogens with zero attached hydrogens (tertiary/aromatic N) is 2. The number of sulfone groups is 1. The van der Waals surface area contributed by atoms with E-state index in [0.717, 1.165) is 5.56 Å². The zero-order valence-electron chi connectivity index (χ0n) is 12.4. The number of rotatable bonds is 6. The maximum atomic E-state index is 11.7. The van der Waals surface area contributed by atoms with Gasteiger partial charge >= 0.3 is 0 Å². The van der Waals surface area contributed by atoms with Crippen LogP contribution in [-0.4, -0.2) is 38.7 Å². The van der Waals surface area contributed by atoms with Gasteiger partial charge < -0.3 is 4.74 Å². The van der Waals surface area contributed by atoms with Crippen LogP contribution in [0.5, 0.6) is 5.75 Å². The molecule has 0 radical (unpaired) electrons. The average Bonchev–Trinajstić information content (AvgIpc) is 2.85. The van der Waals surface area contributed by atoms with Gasteiger partial charge in [0.15, 0.2) is 16.4 Å². The standard InChI is InChI=1S/C15H17N3O4S/c16-6-7-22-14-3-1-12(2-4-14)10-17-18-15(19)9-13-5-8-23(20,21)11-13/h1-4,10,13H,5,7-9,11H2,(H,18,19)/b17-10-/t13-/m0/s1. The first kappa shape index (κ1) is 17.0. The minimum atomic E-state index is -2.97. The number of carbonyl (C=O) groups is 1. The van der Waals surface area contributed by atoms with Gasteiger partial charge in [0.25, 0.3) is 0 Å². The number of carbonyl (C=O) groups excluding carboxylic acids is 1. The first-order valence-corrected chi connectivity index (χ1v) is 8.93. The van der Waals surface area contributed by atoms with Crippen molar-refractivity contribution >= 4 is 22.0 Å². The number of hydrogen-bond acceptors (Lipinski definition) is 6. The molecule has 1 aliphatic rings. The number of nitriles is 1. The Balaban J connectivity index is 1.77. The van der Waals surface area contributed by atoms with Gasteiger partial charge in [0.2, 0.25) is 5.91 Å². The van der Waals surface area contributed by atoms with Crippen LogP contribution < -0.4 is 10.2 Å². The van der Waals surface area contributed by atoms with Crippen molar-refractivity contribution in [3.63, 3.8) is 0 Å². The van der Waals surface area contributed by atoms with Crippen LogP contribution in [-0.2, 0) is 14.6 Å². The maximum absolute atomic E-state index is 11.7. The fourth-order valence-corrected chi connectivity index (χ4v) is 4.15. The molecule has 0 spiro atoms. The Kier molecular flexibility index (Phi) is 5.71. The lowest BCUT2D eigenvalue weighted by molar-refractivity contribution is -0.121. The molecule has 8 heteroatoms. The molecule has 1 amide bonds. The Morgan fingerprint density at radius 2 is 2.17 bits per heavy atom. The molecule has 1 heterocycles. The van der Waals surface area contributed by atoms with E-state index in [1.54, 1.807) is 24.3 Å². The summed E-state index contributed by atoms with van der Waals surface area (Å²) in [5.74, 6) is 0.405. The molecule has 0 aromatic heterocycles. The van der Waals surface area contributed by atoms with E-state index in [-0.39, 0.29) is 36.4 Å². The van der Waals surface area contributed by atoms with Crippen molar-refractivity contribution in [2.75, 3.05) is 18.1 Å². The highest BCUT2D eigenvalue weighted by atomic mass is 32.2. The second-order valence-electron chi connectivity index (χ2n) is 5.28. The van der Waals surface area contributed by atoms with Crippen molar-refractivity contribution in [1.82, 2.24) is 5.43 Å². The summed E-state index contributed by atoms with van der Waals surface area (Å²) in [4.78, 5) is 11.7. The Labute approximate surface area is 134 Å². The fourth-order valence-electron chi connectivity index (χ4n) is 2.29. The zero-order chi connectivity index (χ0) is 16.7. The summed E-state index contributed by atoms with van der Waals surface area (Å²) >= 11 is 0. The molecule has 2 rings (SSSR count). The summed E-state index contributed by atoms with van der Waals surface area (Å²) in [5.41, 5.74) is 3.16. The molecule has 0 aliphatic carbocycles. The highest BCUT2D eigenvalue weighted by Crippen LogP contribution is 2.21. The predicted molar refractivity (Wildman–Crippen MR) is 84.7 cm³/mol. The normalized spacial score (nSPS) is 19.3. The monoisotopic (exact) mass is 335 g/mol. The van der Waals surface area contributed by atoms with E-state index in [1.165, 1.54) is 6.21 Å². The van der Waals surface area contributed by atoms with Crippen LogP contribution in [0.25, 0.3) is 0 Å². The van der Waals surface area contributed by atoms with Crippen LogP contribution in [0, 0.1) is 17.2 Å². The van der Waals surface area contributed by atoms with E-state index >= 15 is 0 Å². The molecular formula is C15H17N3O4S. The van der Waals surface area contributed by atoms with Gasteiger partial charge in [0.05, 0.1) is 17.7 Å². The van der Waals surface area contributed by atoms with Gasteiger partial charge in [-0.25, -0.2) is 13.8 Å². The van der Waals surface area contributed by atoms with E-state index in [4.69, 9.17) is 10.00 Å². The van der Waals surface area contributed by atoms with Gasteiger partial charge in [0, 0.05) is 6.42 Å². The number of hydrogen-bond donors (Lipinski definition) is 1. The quantitative estimate of drug-likeness (QED) is 0.613. The van der Waals surface area contributed by atoms with Crippen LogP contribution in [0.1, 0.15) is 18.4 Å². The molecule has 1 aromatic carbocycles. The summed E-state index contributed by atoms with van der Waals surface area (Å²) in [7, 11) is -2.97. The third-order valence-corrected chi connectivity index (χ3v) is 5.22. The highest BCUT2D eigenvalue weighted by Gasteiger charge is 2.29. The van der Waals surface area contributed by atoms with E-state index in [1.807, 2.05) is 6.07 Å². The lowest BCUT2D eigenvalue weighted by Gasteiger charge is -2.05. The molecule has 1 aromatic rings. The van der Waals surface area contributed by atoms with Gasteiger partial charge in [-0.3, -0.25) is 4.79 Å². The van der Waals surface area contributed by atoms with Crippen LogP contribution >= 0.6 is 0 Å². The minimum Gasteiger partial charge on any atom is -0.479 e. The van der Waals surface area contributed by atoms with E-state index in [2.05, 4.69) is 10.5 Å². The van der Waals surface area contributed by atoms with Crippen LogP contribution in [0.2, 0.25) is 0 Å². The summed E-state index contributed by atoms with van der Waals surface area (Å²) in [6, 6.07) is 8.76. The molecule has 1 atom stereocenters. The fraction of sp³-hybridized carbons (Fsp3) is 0.400. The summed E-state index contributed by atoms with van der Waals surface area (Å²) in [6.45, 7) is -0.0135. The predicted octanol–water partition coefficient (Wildman–Crippen LogP) is 0.864. The summed E-state index contributed by atoms with van der Waals surface area (Å²) < 4.78 is 27.8. The molecule has 7 nitrogen and oxygen atoms in total. The van der Waals surface area contributed by atoms with Crippen molar-refractivity contribution in [3.05, 3.63) is 29.8 Å². The topological polar surface area (TPSA) is 109 Å². The van der Waals surface area contributed by atoms with Crippen molar-refractivity contribution in [2.45, 2.75) is 12.8 Å². The number of ether oxygens (including phenoxy) is 1. The third kappa shape index (κ3) is 5.71. The van der Waals surface area contributed by atoms with Gasteiger partial charge in [-0.15, -0.1) is 0 Å². The number of benzene rings is 1. The molecule has 0 bridgehead atoms. The van der Waals surface area contributed by atoms with E-state index in [0.29, 0.717) is 12.2 Å². The first-order valence-electron chi connectivity index (χ1n) is 7.10. The van der Waals surface area contributed by atoms with E-state index in [9.17, 15) is 13.2 Å². The van der Waals surface area contributed by atoms with Crippen LogP contribution in [0.4, 0.5) is 0 Å². The Bertz CT molecular complexity index is 720. The van der Waals surface area contributed by atoms with Crippen molar-refractivity contribution in [2.24, 2.45) is 11.0 Å². The van der Waals surface area contributed by atoms with Crippen LogP contribution in [0.15, 0.2) is 29.4 Å². The largest absolute Gasteiger partial charge is 0.479 e. The number of amides is 1. The highest BCUT2D eigenvalue weighted by molar-refractivity contribution is 7.91. The second kappa shape index (κ2) is 7.74. The van der Waals surface area contributed by atoms with Crippen molar-refractivity contribution in [1.29, 1.82) is 5.26 Å². The maximum Gasteiger partial charge on any atom is 0.240 e. The first-order chi connectivity index (χ1) is 11.0. The van der Waals surface area contributed by atoms with Crippen LogP contribution in [0.3, 0.4) is 0 Å². The molecule has 1 aliphatic heterocycles. The molecular weight excluding hydrogens is 318 g/mol. The smallest absolute Gasteiger partial charge is 0.240 e. The minimum absolute atomic E-state index is 0.0135. The Morgan fingerprint density at radius 1 is 1.43 bits per heavy atom. The number of hydrazone groups is 1. The molecule has 1 fully saturated rings. The van der Waals surface area contributed by atoms with Gasteiger partial charge in [0.1, 0.15) is 11.8 Å². The molecule has 1 N–H and O–H groups in total. The van der Waals surface area contributed by atoms with Crippen molar-refractivity contribution < 1.29 is 17.9 Å². The SMILES string of the molecule is N#CCOc1ccc(/C=N\NC(=O)C[C@@H]2CCS(=O)(=O)C2)cc1. The number of nitrogens with one attached hydrogen (secondary N) is 1. The molecule has 122 valence electrons.